The van der Waals surface area contributed by atoms with E-state index in [0.29, 0.717) is 19.0 Å². The van der Waals surface area contributed by atoms with E-state index in [2.05, 4.69) is 54.8 Å². The molecule has 0 saturated carbocycles. The molecule has 2 amide bonds. The lowest BCUT2D eigenvalue weighted by Gasteiger charge is -2.26. The number of likely N-dealkylation sites (tertiary alicyclic amines) is 1. The summed E-state index contributed by atoms with van der Waals surface area (Å²) in [6.07, 6.45) is 1.76. The smallest absolute Gasteiger partial charge is 0.320 e. The first-order valence-electron chi connectivity index (χ1n) is 10.7. The van der Waals surface area contributed by atoms with Gasteiger partial charge in [0.25, 0.3) is 0 Å². The van der Waals surface area contributed by atoms with Crippen molar-refractivity contribution in [2.45, 2.75) is 12.0 Å². The van der Waals surface area contributed by atoms with Crippen molar-refractivity contribution in [2.24, 2.45) is 0 Å². The van der Waals surface area contributed by atoms with Crippen LogP contribution in [0.15, 0.2) is 42.6 Å². The molecule has 3 aromatic rings. The van der Waals surface area contributed by atoms with E-state index >= 15 is 0 Å². The summed E-state index contributed by atoms with van der Waals surface area (Å²) >= 11 is 0. The Hall–Kier alpha value is -3.17. The number of nitrogens with one attached hydrogen (secondary N) is 3. The third-order valence-electron chi connectivity index (χ3n) is 6.03. The minimum Gasteiger partial charge on any atom is -0.378 e. The average molecular weight is 422 g/mol. The summed E-state index contributed by atoms with van der Waals surface area (Å²) in [6, 6.07) is 11.9. The molecule has 3 N–H and O–H groups in total. The van der Waals surface area contributed by atoms with Crippen molar-refractivity contribution in [3.8, 4) is 0 Å². The van der Waals surface area contributed by atoms with Gasteiger partial charge in [-0.1, -0.05) is 30.3 Å². The van der Waals surface area contributed by atoms with Gasteiger partial charge in [0.15, 0.2) is 5.82 Å². The lowest BCUT2D eigenvalue weighted by atomic mass is 9.94. The number of hydrogen-bond donors (Lipinski definition) is 3. The van der Waals surface area contributed by atoms with Crippen LogP contribution in [0.25, 0.3) is 10.9 Å². The fraction of sp³-hybridized carbons (Fsp3) is 0.409. The molecule has 5 rings (SSSR count). The maximum atomic E-state index is 12.7. The Kier molecular flexibility index (Phi) is 5.44. The molecule has 9 heteroatoms. The fourth-order valence-corrected chi connectivity index (χ4v) is 4.49. The number of benzene rings is 1. The summed E-state index contributed by atoms with van der Waals surface area (Å²) in [5.41, 5.74) is 2.08. The molecule has 2 saturated heterocycles. The quantitative estimate of drug-likeness (QED) is 0.596. The summed E-state index contributed by atoms with van der Waals surface area (Å²) in [5.74, 6) is 1.63. The van der Waals surface area contributed by atoms with Crippen molar-refractivity contribution in [1.82, 2.24) is 25.4 Å². The Morgan fingerprint density at radius 2 is 2.00 bits per heavy atom. The number of carbonyl (C=O) groups is 1. The number of amides is 2. The second-order valence-corrected chi connectivity index (χ2v) is 8.21. The monoisotopic (exact) mass is 421 g/mol. The first-order valence-corrected chi connectivity index (χ1v) is 10.7. The number of hydrogen-bond acceptors (Lipinski definition) is 6. The topological polar surface area (TPSA) is 98.4 Å². The highest BCUT2D eigenvalue weighted by molar-refractivity contribution is 5.94. The Balaban J connectivity index is 1.27. The standard InChI is InChI=1S/C22H27N7O2/c1-28-13-17(15-5-3-2-4-6-15)19(14-28)24-22(30)25-20-11-18-16(12-23-20)21(27-26-18)29-7-9-31-10-8-29/h2-6,11-12,17,19H,7-10,13-14H2,1H3,(H,26,27)(H2,23,24,25,30). The molecule has 2 aliphatic heterocycles. The zero-order valence-electron chi connectivity index (χ0n) is 17.5. The molecule has 0 bridgehead atoms. The van der Waals surface area contributed by atoms with Crippen LogP contribution < -0.4 is 15.5 Å². The van der Waals surface area contributed by atoms with E-state index in [1.807, 2.05) is 24.3 Å². The first kappa shape index (κ1) is 19.8. The number of aromatic amines is 1. The molecule has 0 radical (unpaired) electrons. The minimum atomic E-state index is -0.249. The predicted octanol–water partition coefficient (Wildman–Crippen LogP) is 2.01. The Morgan fingerprint density at radius 3 is 2.81 bits per heavy atom. The Morgan fingerprint density at radius 1 is 1.19 bits per heavy atom. The van der Waals surface area contributed by atoms with Gasteiger partial charge in [0.2, 0.25) is 0 Å². The van der Waals surface area contributed by atoms with Gasteiger partial charge in [-0.05, 0) is 12.6 Å². The highest BCUT2D eigenvalue weighted by Gasteiger charge is 2.33. The van der Waals surface area contributed by atoms with Crippen LogP contribution in [0.2, 0.25) is 0 Å². The molecule has 162 valence electrons. The Bertz CT molecular complexity index is 1050. The number of morpholine rings is 1. The van der Waals surface area contributed by atoms with Gasteiger partial charge in [-0.3, -0.25) is 10.4 Å². The maximum Gasteiger partial charge on any atom is 0.320 e. The Labute approximate surface area is 180 Å². The number of aromatic nitrogens is 3. The lowest BCUT2D eigenvalue weighted by molar-refractivity contribution is 0.122. The molecular formula is C22H27N7O2. The number of H-pyrrole nitrogens is 1. The normalized spacial score (nSPS) is 22.0. The van der Waals surface area contributed by atoms with Crippen molar-refractivity contribution >= 4 is 28.6 Å². The molecule has 0 spiro atoms. The fourth-order valence-electron chi connectivity index (χ4n) is 4.49. The number of anilines is 2. The van der Waals surface area contributed by atoms with Gasteiger partial charge in [-0.25, -0.2) is 9.78 Å². The van der Waals surface area contributed by atoms with Gasteiger partial charge in [-0.15, -0.1) is 0 Å². The van der Waals surface area contributed by atoms with Crippen LogP contribution in [-0.2, 0) is 4.74 Å². The van der Waals surface area contributed by atoms with Gasteiger partial charge in [0.05, 0.1) is 30.2 Å². The summed E-state index contributed by atoms with van der Waals surface area (Å²) in [4.78, 5) is 21.6. The highest BCUT2D eigenvalue weighted by atomic mass is 16.5. The molecule has 31 heavy (non-hydrogen) atoms. The van der Waals surface area contributed by atoms with Crippen molar-refractivity contribution < 1.29 is 9.53 Å². The van der Waals surface area contributed by atoms with Gasteiger partial charge >= 0.3 is 6.03 Å². The van der Waals surface area contributed by atoms with E-state index in [1.165, 1.54) is 5.56 Å². The molecule has 0 aliphatic carbocycles. The number of likely N-dealkylation sites (N-methyl/N-ethyl adjacent to an activating group) is 1. The lowest BCUT2D eigenvalue weighted by Crippen LogP contribution is -2.42. The van der Waals surface area contributed by atoms with Crippen LogP contribution in [0.3, 0.4) is 0 Å². The zero-order valence-corrected chi connectivity index (χ0v) is 17.5. The van der Waals surface area contributed by atoms with Gasteiger partial charge in [0, 0.05) is 44.4 Å². The molecule has 2 aliphatic rings. The number of carbonyl (C=O) groups excluding carboxylic acids is 1. The first-order chi connectivity index (χ1) is 15.2. The molecular weight excluding hydrogens is 394 g/mol. The summed E-state index contributed by atoms with van der Waals surface area (Å²) < 4.78 is 5.42. The number of pyridine rings is 1. The largest absolute Gasteiger partial charge is 0.378 e. The summed E-state index contributed by atoms with van der Waals surface area (Å²) in [7, 11) is 2.08. The summed E-state index contributed by atoms with van der Waals surface area (Å²) in [5, 5.41) is 14.4. The average Bonchev–Trinajstić information content (AvgIpc) is 3.37. The van der Waals surface area contributed by atoms with E-state index in [1.54, 1.807) is 6.20 Å². The van der Waals surface area contributed by atoms with Crippen molar-refractivity contribution in [1.29, 1.82) is 0 Å². The minimum absolute atomic E-state index is 0.0382. The van der Waals surface area contributed by atoms with Crippen molar-refractivity contribution in [3.05, 3.63) is 48.2 Å². The van der Waals surface area contributed by atoms with E-state index in [0.717, 1.165) is 42.9 Å². The van der Waals surface area contributed by atoms with E-state index in [-0.39, 0.29) is 18.0 Å². The van der Waals surface area contributed by atoms with Crippen LogP contribution in [0.4, 0.5) is 16.4 Å². The van der Waals surface area contributed by atoms with Crippen molar-refractivity contribution in [3.63, 3.8) is 0 Å². The van der Waals surface area contributed by atoms with Gasteiger partial charge < -0.3 is 19.9 Å². The number of fused-ring (bicyclic) bond motifs is 1. The molecule has 2 aromatic heterocycles. The van der Waals surface area contributed by atoms with E-state index in [4.69, 9.17) is 4.74 Å². The van der Waals surface area contributed by atoms with E-state index < -0.39 is 0 Å². The molecule has 9 nitrogen and oxygen atoms in total. The molecule has 2 atom stereocenters. The molecule has 4 heterocycles. The maximum absolute atomic E-state index is 12.7. The van der Waals surface area contributed by atoms with Crippen LogP contribution in [0, 0.1) is 0 Å². The van der Waals surface area contributed by atoms with Crippen LogP contribution >= 0.6 is 0 Å². The zero-order chi connectivity index (χ0) is 21.2. The number of nitrogens with zero attached hydrogens (tertiary/aromatic N) is 4. The number of urea groups is 1. The predicted molar refractivity (Wildman–Crippen MR) is 120 cm³/mol. The van der Waals surface area contributed by atoms with Gasteiger partial charge in [-0.2, -0.15) is 5.10 Å². The summed E-state index contributed by atoms with van der Waals surface area (Å²) in [6.45, 7) is 4.73. The number of rotatable bonds is 4. The molecule has 2 unspecified atom stereocenters. The highest BCUT2D eigenvalue weighted by Crippen LogP contribution is 2.27. The third-order valence-corrected chi connectivity index (χ3v) is 6.03. The second-order valence-electron chi connectivity index (χ2n) is 8.21. The van der Waals surface area contributed by atoms with E-state index in [9.17, 15) is 4.79 Å². The third kappa shape index (κ3) is 4.19. The van der Waals surface area contributed by atoms with Crippen LogP contribution in [-0.4, -0.2) is 78.6 Å². The van der Waals surface area contributed by atoms with Crippen molar-refractivity contribution in [2.75, 3.05) is 56.7 Å². The number of ether oxygens (including phenoxy) is 1. The molecule has 2 fully saturated rings. The second kappa shape index (κ2) is 8.52. The molecule has 1 aromatic carbocycles. The SMILES string of the molecule is CN1CC(NC(=O)Nc2cc3[nH]nc(N4CCOCC4)c3cn2)C(c2ccccc2)C1. The van der Waals surface area contributed by atoms with Crippen LogP contribution in [0.5, 0.6) is 0 Å². The van der Waals surface area contributed by atoms with Gasteiger partial charge in [0.1, 0.15) is 5.82 Å². The van der Waals surface area contributed by atoms with Crippen LogP contribution in [0.1, 0.15) is 11.5 Å².